The maximum absolute atomic E-state index is 13.7. The van der Waals surface area contributed by atoms with Crippen molar-refractivity contribution >= 4 is 62.1 Å². The van der Waals surface area contributed by atoms with Gasteiger partial charge in [-0.1, -0.05) is 31.5 Å². The van der Waals surface area contributed by atoms with Crippen molar-refractivity contribution in [3.63, 3.8) is 0 Å². The molecule has 1 aliphatic heterocycles. The summed E-state index contributed by atoms with van der Waals surface area (Å²) in [5.74, 6) is 0.561. The van der Waals surface area contributed by atoms with Crippen molar-refractivity contribution in [1.29, 1.82) is 0 Å². The summed E-state index contributed by atoms with van der Waals surface area (Å²) in [5.41, 5.74) is 2.75. The molecular formula is C28H23BrClFN4O2S. The van der Waals surface area contributed by atoms with Crippen LogP contribution in [0.3, 0.4) is 0 Å². The van der Waals surface area contributed by atoms with E-state index in [1.807, 2.05) is 55.1 Å². The molecule has 2 aromatic heterocycles. The molecule has 6 nitrogen and oxygen atoms in total. The molecule has 5 rings (SSSR count). The van der Waals surface area contributed by atoms with E-state index in [1.165, 1.54) is 12.1 Å². The largest absolute Gasteiger partial charge is 0.459 e. The zero-order valence-corrected chi connectivity index (χ0v) is 23.6. The highest BCUT2D eigenvalue weighted by Crippen LogP contribution is 2.44. The zero-order chi connectivity index (χ0) is 27.0. The third-order valence-corrected chi connectivity index (χ3v) is 7.51. The lowest BCUT2D eigenvalue weighted by Gasteiger charge is -2.26. The van der Waals surface area contributed by atoms with Crippen LogP contribution in [0.4, 0.5) is 15.8 Å². The SMILES string of the molecule is CC(C)C(=O)Nc1ccc(N2C(=S)N[C@H](c3ccccn3)[C@H]2c2ccc(-c3ccc(F)cc3Br)o2)cc1Cl. The lowest BCUT2D eigenvalue weighted by Crippen LogP contribution is -2.29. The standard InChI is InChI=1S/C28H23BrClFN4O2S/c1-15(2)27(36)33-21-9-7-17(14-20(21)30)35-26(25(34-28(35)38)22-5-3-4-12-32-22)24-11-10-23(37-24)18-8-6-16(31)13-19(18)29/h3-15,25-26H,1-2H3,(H,33,36)(H,34,38)/t25-,26-/m1/s1. The Morgan fingerprint density at radius 3 is 2.68 bits per heavy atom. The third kappa shape index (κ3) is 5.18. The summed E-state index contributed by atoms with van der Waals surface area (Å²) < 4.78 is 20.6. The number of benzene rings is 2. The summed E-state index contributed by atoms with van der Waals surface area (Å²) in [6, 6.07) is 18.5. The number of carbonyl (C=O) groups excluding carboxylic acids is 1. The highest BCUT2D eigenvalue weighted by molar-refractivity contribution is 9.10. The number of amides is 1. The zero-order valence-electron chi connectivity index (χ0n) is 20.4. The fourth-order valence-electron chi connectivity index (χ4n) is 4.30. The van der Waals surface area contributed by atoms with Crippen molar-refractivity contribution in [1.82, 2.24) is 10.3 Å². The predicted molar refractivity (Wildman–Crippen MR) is 155 cm³/mol. The number of thiocarbonyl (C=S) groups is 1. The predicted octanol–water partition coefficient (Wildman–Crippen LogP) is 7.67. The minimum absolute atomic E-state index is 0.124. The molecule has 1 amide bonds. The second-order valence-corrected chi connectivity index (χ2v) is 10.8. The first kappa shape index (κ1) is 26.3. The van der Waals surface area contributed by atoms with Crippen molar-refractivity contribution in [3.05, 3.63) is 99.7 Å². The van der Waals surface area contributed by atoms with Crippen LogP contribution in [0.2, 0.25) is 5.02 Å². The van der Waals surface area contributed by atoms with Gasteiger partial charge < -0.3 is 20.0 Å². The molecule has 10 heteroatoms. The second kappa shape index (κ2) is 10.8. The van der Waals surface area contributed by atoms with Crippen LogP contribution in [0.25, 0.3) is 11.3 Å². The van der Waals surface area contributed by atoms with E-state index in [1.54, 1.807) is 24.4 Å². The molecule has 0 saturated carbocycles. The van der Waals surface area contributed by atoms with Crippen LogP contribution in [-0.4, -0.2) is 16.0 Å². The Labute approximate surface area is 238 Å². The van der Waals surface area contributed by atoms with E-state index in [4.69, 9.17) is 28.2 Å². The van der Waals surface area contributed by atoms with Crippen LogP contribution in [-0.2, 0) is 4.79 Å². The Morgan fingerprint density at radius 1 is 1.18 bits per heavy atom. The van der Waals surface area contributed by atoms with Gasteiger partial charge in [0.05, 0.1) is 22.4 Å². The fraction of sp³-hybridized carbons (Fsp3) is 0.179. The molecule has 0 spiro atoms. The molecular weight excluding hydrogens is 591 g/mol. The Balaban J connectivity index is 1.56. The number of carbonyl (C=O) groups is 1. The van der Waals surface area contributed by atoms with Gasteiger partial charge in [0.15, 0.2) is 5.11 Å². The van der Waals surface area contributed by atoms with Crippen molar-refractivity contribution in [2.45, 2.75) is 25.9 Å². The van der Waals surface area contributed by atoms with Gasteiger partial charge in [0.25, 0.3) is 0 Å². The molecule has 0 aliphatic carbocycles. The second-order valence-electron chi connectivity index (χ2n) is 9.13. The molecule has 1 fully saturated rings. The van der Waals surface area contributed by atoms with Gasteiger partial charge in [-0.05, 0) is 88.8 Å². The maximum atomic E-state index is 13.7. The van der Waals surface area contributed by atoms with E-state index >= 15 is 0 Å². The topological polar surface area (TPSA) is 70.4 Å². The van der Waals surface area contributed by atoms with E-state index < -0.39 is 6.04 Å². The molecule has 1 saturated heterocycles. The van der Waals surface area contributed by atoms with E-state index in [9.17, 15) is 9.18 Å². The van der Waals surface area contributed by atoms with Crippen LogP contribution in [0.1, 0.15) is 37.4 Å². The first-order valence-corrected chi connectivity index (χ1v) is 13.5. The van der Waals surface area contributed by atoms with Crippen molar-refractivity contribution < 1.29 is 13.6 Å². The molecule has 0 bridgehead atoms. The van der Waals surface area contributed by atoms with E-state index in [0.717, 1.165) is 16.9 Å². The van der Waals surface area contributed by atoms with Gasteiger partial charge in [0.1, 0.15) is 23.4 Å². The summed E-state index contributed by atoms with van der Waals surface area (Å²) >= 11 is 15.8. The molecule has 4 aromatic rings. The van der Waals surface area contributed by atoms with Gasteiger partial charge in [0, 0.05) is 27.8 Å². The lowest BCUT2D eigenvalue weighted by atomic mass is 10.0. The van der Waals surface area contributed by atoms with Gasteiger partial charge in [-0.25, -0.2) is 4.39 Å². The number of nitrogens with zero attached hydrogens (tertiary/aromatic N) is 2. The molecule has 1 aliphatic rings. The average Bonchev–Trinajstić information content (AvgIpc) is 3.50. The van der Waals surface area contributed by atoms with E-state index in [2.05, 4.69) is 31.5 Å². The number of pyridine rings is 1. The van der Waals surface area contributed by atoms with Crippen LogP contribution in [0, 0.1) is 11.7 Å². The molecule has 2 aromatic carbocycles. The van der Waals surface area contributed by atoms with Crippen molar-refractivity contribution in [2.75, 3.05) is 10.2 Å². The summed E-state index contributed by atoms with van der Waals surface area (Å²) in [6.07, 6.45) is 1.73. The summed E-state index contributed by atoms with van der Waals surface area (Å²) in [6.45, 7) is 3.63. The molecule has 2 N–H and O–H groups in total. The number of furan rings is 1. The van der Waals surface area contributed by atoms with Gasteiger partial charge in [-0.15, -0.1) is 0 Å². The number of aromatic nitrogens is 1. The number of nitrogens with one attached hydrogen (secondary N) is 2. The first-order chi connectivity index (χ1) is 18.2. The minimum atomic E-state index is -0.405. The quantitative estimate of drug-likeness (QED) is 0.218. The first-order valence-electron chi connectivity index (χ1n) is 11.9. The van der Waals surface area contributed by atoms with E-state index in [0.29, 0.717) is 31.8 Å². The fourth-order valence-corrected chi connectivity index (χ4v) is 5.41. The third-order valence-electron chi connectivity index (χ3n) is 6.23. The van der Waals surface area contributed by atoms with E-state index in [-0.39, 0.29) is 23.7 Å². The number of anilines is 2. The van der Waals surface area contributed by atoms with Gasteiger partial charge in [-0.2, -0.15) is 0 Å². The van der Waals surface area contributed by atoms with Gasteiger partial charge >= 0.3 is 0 Å². The Kier molecular flexibility index (Phi) is 7.52. The molecule has 0 unspecified atom stereocenters. The number of hydrogen-bond acceptors (Lipinski definition) is 4. The minimum Gasteiger partial charge on any atom is -0.459 e. The summed E-state index contributed by atoms with van der Waals surface area (Å²) in [4.78, 5) is 18.7. The van der Waals surface area contributed by atoms with Gasteiger partial charge in [0.2, 0.25) is 5.91 Å². The van der Waals surface area contributed by atoms with Crippen LogP contribution >= 0.6 is 39.7 Å². The highest BCUT2D eigenvalue weighted by Gasteiger charge is 2.42. The Hall–Kier alpha value is -3.27. The number of hydrogen-bond donors (Lipinski definition) is 2. The van der Waals surface area contributed by atoms with Crippen molar-refractivity contribution in [2.24, 2.45) is 5.92 Å². The van der Waals surface area contributed by atoms with Crippen molar-refractivity contribution in [3.8, 4) is 11.3 Å². The van der Waals surface area contributed by atoms with Crippen LogP contribution < -0.4 is 15.5 Å². The Morgan fingerprint density at radius 2 is 2.00 bits per heavy atom. The van der Waals surface area contributed by atoms with Crippen LogP contribution in [0.15, 0.2) is 81.8 Å². The highest BCUT2D eigenvalue weighted by atomic mass is 79.9. The van der Waals surface area contributed by atoms with Crippen LogP contribution in [0.5, 0.6) is 0 Å². The van der Waals surface area contributed by atoms with Gasteiger partial charge in [-0.3, -0.25) is 9.78 Å². The molecule has 2 atom stereocenters. The summed E-state index contributed by atoms with van der Waals surface area (Å²) in [5, 5.41) is 7.09. The summed E-state index contributed by atoms with van der Waals surface area (Å²) in [7, 11) is 0. The molecule has 3 heterocycles. The monoisotopic (exact) mass is 612 g/mol. The number of halogens is 3. The smallest absolute Gasteiger partial charge is 0.226 e. The Bertz CT molecular complexity index is 1510. The normalized spacial score (nSPS) is 17.1. The molecule has 0 radical (unpaired) electrons. The number of rotatable bonds is 6. The lowest BCUT2D eigenvalue weighted by molar-refractivity contribution is -0.118. The molecule has 38 heavy (non-hydrogen) atoms. The average molecular weight is 614 g/mol. The molecule has 194 valence electrons. The maximum Gasteiger partial charge on any atom is 0.226 e.